The number of alkyl halides is 3. The Balaban J connectivity index is 0. The van der Waals surface area contributed by atoms with Crippen LogP contribution in [0.1, 0.15) is 46.5 Å². The molecule has 7 heteroatoms. The monoisotopic (exact) mass is 409 g/mol. The van der Waals surface area contributed by atoms with E-state index in [1.807, 2.05) is 6.92 Å². The Labute approximate surface area is 137 Å². The number of hydrogen-bond acceptors (Lipinski definition) is 1. The van der Waals surface area contributed by atoms with E-state index in [1.54, 1.807) is 7.05 Å². The van der Waals surface area contributed by atoms with Crippen molar-refractivity contribution in [2.75, 3.05) is 13.6 Å². The first-order valence-electron chi connectivity index (χ1n) is 6.78. The van der Waals surface area contributed by atoms with Crippen molar-refractivity contribution in [2.45, 2.75) is 58.7 Å². The summed E-state index contributed by atoms with van der Waals surface area (Å²) in [7, 11) is 1.56. The highest BCUT2D eigenvalue weighted by molar-refractivity contribution is 14.0. The molecule has 1 atom stereocenters. The normalized spacial score (nSPS) is 13.9. The lowest BCUT2D eigenvalue weighted by atomic mass is 10.0. The first kappa shape index (κ1) is 22.1. The van der Waals surface area contributed by atoms with Gasteiger partial charge >= 0.3 is 6.18 Å². The van der Waals surface area contributed by atoms with Gasteiger partial charge in [0.25, 0.3) is 0 Å². The zero-order chi connectivity index (χ0) is 14.9. The fourth-order valence-electron chi connectivity index (χ4n) is 1.66. The minimum absolute atomic E-state index is 0. The average molecular weight is 409 g/mol. The van der Waals surface area contributed by atoms with Gasteiger partial charge in [0.15, 0.2) is 5.96 Å². The van der Waals surface area contributed by atoms with Crippen LogP contribution in [0.3, 0.4) is 0 Å². The van der Waals surface area contributed by atoms with E-state index in [9.17, 15) is 13.2 Å². The maximum atomic E-state index is 12.0. The summed E-state index contributed by atoms with van der Waals surface area (Å²) in [6.45, 7) is 6.21. The van der Waals surface area contributed by atoms with Crippen LogP contribution in [-0.4, -0.2) is 31.8 Å². The van der Waals surface area contributed by atoms with Crippen molar-refractivity contribution in [3.63, 3.8) is 0 Å². The molecule has 2 N–H and O–H groups in total. The summed E-state index contributed by atoms with van der Waals surface area (Å²) in [5.41, 5.74) is 0. The van der Waals surface area contributed by atoms with Gasteiger partial charge in [-0.3, -0.25) is 4.99 Å². The molecule has 20 heavy (non-hydrogen) atoms. The maximum absolute atomic E-state index is 12.0. The van der Waals surface area contributed by atoms with Gasteiger partial charge in [0.2, 0.25) is 0 Å². The molecule has 0 aromatic carbocycles. The number of aliphatic imine (C=N–C) groups is 1. The molecule has 0 saturated heterocycles. The molecule has 0 aromatic heterocycles. The van der Waals surface area contributed by atoms with Crippen LogP contribution in [0.4, 0.5) is 13.2 Å². The minimum Gasteiger partial charge on any atom is -0.356 e. The average Bonchev–Trinajstić information content (AvgIpc) is 2.25. The van der Waals surface area contributed by atoms with Crippen molar-refractivity contribution in [1.29, 1.82) is 0 Å². The maximum Gasteiger partial charge on any atom is 0.390 e. The van der Waals surface area contributed by atoms with Crippen LogP contribution in [0, 0.1) is 5.92 Å². The number of nitrogens with zero attached hydrogens (tertiary/aromatic N) is 1. The van der Waals surface area contributed by atoms with Crippen molar-refractivity contribution in [3.05, 3.63) is 0 Å². The van der Waals surface area contributed by atoms with Crippen molar-refractivity contribution in [2.24, 2.45) is 10.9 Å². The second-order valence-corrected chi connectivity index (χ2v) is 5.23. The summed E-state index contributed by atoms with van der Waals surface area (Å²) in [5, 5.41) is 5.77. The largest absolute Gasteiger partial charge is 0.390 e. The fourth-order valence-corrected chi connectivity index (χ4v) is 1.66. The van der Waals surface area contributed by atoms with Crippen LogP contribution in [0.2, 0.25) is 0 Å². The third kappa shape index (κ3) is 14.2. The highest BCUT2D eigenvalue weighted by Crippen LogP contribution is 2.18. The zero-order valence-electron chi connectivity index (χ0n) is 12.7. The molecule has 0 aliphatic heterocycles. The third-order valence-corrected chi connectivity index (χ3v) is 2.73. The van der Waals surface area contributed by atoms with Crippen molar-refractivity contribution >= 4 is 29.9 Å². The predicted octanol–water partition coefficient (Wildman–Crippen LogP) is 3.94. The van der Waals surface area contributed by atoms with Crippen LogP contribution < -0.4 is 10.6 Å². The third-order valence-electron chi connectivity index (χ3n) is 2.73. The van der Waals surface area contributed by atoms with Gasteiger partial charge in [-0.05, 0) is 19.3 Å². The van der Waals surface area contributed by atoms with Crippen LogP contribution >= 0.6 is 24.0 Å². The van der Waals surface area contributed by atoms with E-state index in [0.717, 1.165) is 19.3 Å². The lowest BCUT2D eigenvalue weighted by Crippen LogP contribution is -2.43. The van der Waals surface area contributed by atoms with E-state index in [2.05, 4.69) is 29.5 Å². The summed E-state index contributed by atoms with van der Waals surface area (Å²) < 4.78 is 36.0. The number of nitrogens with one attached hydrogen (secondary N) is 2. The molecular weight excluding hydrogens is 382 g/mol. The number of rotatable bonds is 7. The summed E-state index contributed by atoms with van der Waals surface area (Å²) in [6.07, 6.45) is -1.74. The molecule has 0 bridgehead atoms. The SMILES string of the molecule is CN=C(NCCC(F)(F)F)NC(C)CCCC(C)C.I. The topological polar surface area (TPSA) is 36.4 Å². The lowest BCUT2D eigenvalue weighted by molar-refractivity contribution is -0.132. The fraction of sp³-hybridized carbons (Fsp3) is 0.923. The molecule has 0 rings (SSSR count). The number of hydrogen-bond donors (Lipinski definition) is 2. The second-order valence-electron chi connectivity index (χ2n) is 5.23. The van der Waals surface area contributed by atoms with Gasteiger partial charge in [-0.15, -0.1) is 24.0 Å². The molecule has 1 unspecified atom stereocenters. The minimum atomic E-state index is -4.13. The van der Waals surface area contributed by atoms with Crippen LogP contribution in [0.25, 0.3) is 0 Å². The molecule has 0 fully saturated rings. The molecule has 0 radical (unpaired) electrons. The second kappa shape index (κ2) is 11.4. The Kier molecular flexibility index (Phi) is 12.6. The standard InChI is InChI=1S/C13H26F3N3.HI/c1-10(2)6-5-7-11(3)19-12(17-4)18-9-8-13(14,15)16;/h10-11H,5-9H2,1-4H3,(H2,17,18,19);1H. The lowest BCUT2D eigenvalue weighted by Gasteiger charge is -2.18. The summed E-state index contributed by atoms with van der Waals surface area (Å²) >= 11 is 0. The van der Waals surface area contributed by atoms with Crippen LogP contribution in [0.15, 0.2) is 4.99 Å². The van der Waals surface area contributed by atoms with Crippen LogP contribution in [0.5, 0.6) is 0 Å². The van der Waals surface area contributed by atoms with Gasteiger partial charge in [-0.2, -0.15) is 13.2 Å². The number of guanidine groups is 1. The Morgan fingerprint density at radius 2 is 1.75 bits per heavy atom. The van der Waals surface area contributed by atoms with E-state index in [1.165, 1.54) is 0 Å². The Bertz CT molecular complexity index is 268. The van der Waals surface area contributed by atoms with Crippen molar-refractivity contribution in [1.82, 2.24) is 10.6 Å². The molecular formula is C13H27F3IN3. The van der Waals surface area contributed by atoms with Crippen molar-refractivity contribution in [3.8, 4) is 0 Å². The predicted molar refractivity (Wildman–Crippen MR) is 88.7 cm³/mol. The van der Waals surface area contributed by atoms with E-state index in [4.69, 9.17) is 0 Å². The van der Waals surface area contributed by atoms with E-state index in [0.29, 0.717) is 11.9 Å². The molecule has 122 valence electrons. The Hall–Kier alpha value is -0.210. The molecule has 0 saturated carbocycles. The molecule has 3 nitrogen and oxygen atoms in total. The Morgan fingerprint density at radius 1 is 1.15 bits per heavy atom. The van der Waals surface area contributed by atoms with Gasteiger partial charge in [-0.1, -0.05) is 26.7 Å². The zero-order valence-corrected chi connectivity index (χ0v) is 15.0. The first-order chi connectivity index (χ1) is 8.74. The molecule has 0 heterocycles. The van der Waals surface area contributed by atoms with Gasteiger partial charge < -0.3 is 10.6 Å². The summed E-state index contributed by atoms with van der Waals surface area (Å²) in [6, 6.07) is 0.204. The molecule has 0 aliphatic rings. The van der Waals surface area contributed by atoms with Gasteiger partial charge in [0.05, 0.1) is 6.42 Å². The van der Waals surface area contributed by atoms with Gasteiger partial charge in [0, 0.05) is 19.6 Å². The molecule has 0 spiro atoms. The molecule has 0 aromatic rings. The Morgan fingerprint density at radius 3 is 2.20 bits per heavy atom. The summed E-state index contributed by atoms with van der Waals surface area (Å²) in [5.74, 6) is 1.11. The quantitative estimate of drug-likeness (QED) is 0.380. The van der Waals surface area contributed by atoms with E-state index in [-0.39, 0.29) is 36.6 Å². The van der Waals surface area contributed by atoms with Crippen LogP contribution in [-0.2, 0) is 0 Å². The summed E-state index contributed by atoms with van der Waals surface area (Å²) in [4.78, 5) is 3.92. The highest BCUT2D eigenvalue weighted by Gasteiger charge is 2.26. The van der Waals surface area contributed by atoms with E-state index < -0.39 is 12.6 Å². The highest BCUT2D eigenvalue weighted by atomic mass is 127. The number of halogens is 4. The smallest absolute Gasteiger partial charge is 0.356 e. The van der Waals surface area contributed by atoms with E-state index >= 15 is 0 Å². The molecule has 0 aliphatic carbocycles. The van der Waals surface area contributed by atoms with Gasteiger partial charge in [-0.25, -0.2) is 0 Å². The van der Waals surface area contributed by atoms with Crippen molar-refractivity contribution < 1.29 is 13.2 Å². The first-order valence-corrected chi connectivity index (χ1v) is 6.78. The molecule has 0 amide bonds. The van der Waals surface area contributed by atoms with Gasteiger partial charge in [0.1, 0.15) is 0 Å².